The minimum absolute atomic E-state index is 0.0595. The SMILES string of the molecule is COc1ccc(/C(O)=C2\C(=O)C(=O)N(Cc3ccc4c(c3)OCO4)C2c2ccc(C(C)(C)C)cc2)cc1C(C)(C)C. The molecule has 5 rings (SSSR count). The van der Waals surface area contributed by atoms with Gasteiger partial charge in [0.1, 0.15) is 11.5 Å². The van der Waals surface area contributed by atoms with Gasteiger partial charge < -0.3 is 24.2 Å². The third kappa shape index (κ3) is 5.29. The molecule has 1 amide bonds. The van der Waals surface area contributed by atoms with Crippen LogP contribution in [0.3, 0.4) is 0 Å². The number of ketones is 1. The second kappa shape index (κ2) is 10.3. The minimum atomic E-state index is -0.783. The third-order valence-electron chi connectivity index (χ3n) is 7.70. The smallest absolute Gasteiger partial charge is 0.295 e. The number of nitrogens with zero attached hydrogens (tertiary/aromatic N) is 1. The molecule has 7 heteroatoms. The number of carbonyl (C=O) groups excluding carboxylic acids is 2. The fourth-order valence-corrected chi connectivity index (χ4v) is 5.39. The largest absolute Gasteiger partial charge is 0.507 e. The van der Waals surface area contributed by atoms with Gasteiger partial charge >= 0.3 is 0 Å². The number of rotatable bonds is 5. The van der Waals surface area contributed by atoms with Gasteiger partial charge in [-0.1, -0.05) is 71.9 Å². The summed E-state index contributed by atoms with van der Waals surface area (Å²) in [6, 6.07) is 17.9. The number of benzene rings is 3. The topological polar surface area (TPSA) is 85.3 Å². The van der Waals surface area contributed by atoms with Crippen molar-refractivity contribution in [3.8, 4) is 17.2 Å². The van der Waals surface area contributed by atoms with Gasteiger partial charge in [0.05, 0.1) is 18.7 Å². The summed E-state index contributed by atoms with van der Waals surface area (Å²) in [6.45, 7) is 12.8. The number of amides is 1. The molecule has 214 valence electrons. The standard InChI is InChI=1S/C34H37NO6/c1-33(2,3)23-12-9-21(10-13-23)29-28(30(36)22-11-15-25(39-7)24(17-22)34(4,5)6)31(37)32(38)35(29)18-20-8-14-26-27(16-20)41-19-40-26/h8-17,29,36H,18-19H2,1-7H3/b30-28+. The van der Waals surface area contributed by atoms with Crippen molar-refractivity contribution >= 4 is 17.4 Å². The molecule has 0 aromatic heterocycles. The van der Waals surface area contributed by atoms with E-state index in [0.717, 1.165) is 22.3 Å². The highest BCUT2D eigenvalue weighted by Gasteiger charge is 2.46. The zero-order valence-corrected chi connectivity index (χ0v) is 24.7. The van der Waals surface area contributed by atoms with Crippen molar-refractivity contribution in [3.63, 3.8) is 0 Å². The van der Waals surface area contributed by atoms with Crippen LogP contribution in [0.2, 0.25) is 0 Å². The van der Waals surface area contributed by atoms with Crippen molar-refractivity contribution in [1.82, 2.24) is 4.90 Å². The van der Waals surface area contributed by atoms with E-state index in [4.69, 9.17) is 14.2 Å². The Labute approximate surface area is 241 Å². The highest BCUT2D eigenvalue weighted by Crippen LogP contribution is 2.43. The van der Waals surface area contributed by atoms with E-state index >= 15 is 0 Å². The highest BCUT2D eigenvalue weighted by atomic mass is 16.7. The van der Waals surface area contributed by atoms with Gasteiger partial charge in [-0.25, -0.2) is 0 Å². The monoisotopic (exact) mass is 555 g/mol. The van der Waals surface area contributed by atoms with Gasteiger partial charge in [-0.05, 0) is 57.9 Å². The number of hydrogen-bond acceptors (Lipinski definition) is 6. The van der Waals surface area contributed by atoms with Crippen molar-refractivity contribution in [1.29, 1.82) is 0 Å². The number of aliphatic hydroxyl groups is 1. The van der Waals surface area contributed by atoms with E-state index in [2.05, 4.69) is 41.5 Å². The first kappa shape index (κ1) is 28.3. The highest BCUT2D eigenvalue weighted by molar-refractivity contribution is 6.46. The van der Waals surface area contributed by atoms with E-state index in [1.807, 2.05) is 42.5 Å². The molecular formula is C34H37NO6. The summed E-state index contributed by atoms with van der Waals surface area (Å²) in [6.07, 6.45) is 0. The first-order chi connectivity index (χ1) is 19.3. The molecule has 0 radical (unpaired) electrons. The molecule has 2 aliphatic rings. The molecule has 1 saturated heterocycles. The van der Waals surface area contributed by atoms with Crippen LogP contribution in [-0.2, 0) is 27.0 Å². The van der Waals surface area contributed by atoms with E-state index in [1.165, 1.54) is 4.90 Å². The van der Waals surface area contributed by atoms with Gasteiger partial charge in [-0.15, -0.1) is 0 Å². The van der Waals surface area contributed by atoms with Crippen molar-refractivity contribution in [3.05, 3.63) is 94.1 Å². The molecule has 1 fully saturated rings. The average Bonchev–Trinajstić information content (AvgIpc) is 3.49. The Morgan fingerprint density at radius 1 is 0.902 bits per heavy atom. The van der Waals surface area contributed by atoms with Crippen molar-refractivity contribution in [2.24, 2.45) is 0 Å². The van der Waals surface area contributed by atoms with Crippen molar-refractivity contribution in [2.75, 3.05) is 13.9 Å². The summed E-state index contributed by atoms with van der Waals surface area (Å²) < 4.78 is 16.5. The van der Waals surface area contributed by atoms with Crippen LogP contribution in [-0.4, -0.2) is 35.6 Å². The van der Waals surface area contributed by atoms with Gasteiger partial charge in [-0.3, -0.25) is 9.59 Å². The maximum absolute atomic E-state index is 13.6. The number of Topliss-reactive ketones (excluding diaryl/α,β-unsaturated/α-hetero) is 1. The quantitative estimate of drug-likeness (QED) is 0.216. The number of ether oxygens (including phenoxy) is 3. The first-order valence-electron chi connectivity index (χ1n) is 13.8. The summed E-state index contributed by atoms with van der Waals surface area (Å²) in [4.78, 5) is 28.7. The Hall–Kier alpha value is -4.26. The Bertz CT molecular complexity index is 1540. The zero-order valence-electron chi connectivity index (χ0n) is 24.7. The molecule has 0 bridgehead atoms. The third-order valence-corrected chi connectivity index (χ3v) is 7.70. The van der Waals surface area contributed by atoms with E-state index < -0.39 is 17.7 Å². The Kier molecular flexibility index (Phi) is 7.10. The number of hydrogen-bond donors (Lipinski definition) is 1. The summed E-state index contributed by atoms with van der Waals surface area (Å²) in [5.41, 5.74) is 3.69. The Morgan fingerprint density at radius 2 is 1.59 bits per heavy atom. The molecule has 3 aromatic rings. The predicted octanol–water partition coefficient (Wildman–Crippen LogP) is 6.64. The molecule has 7 nitrogen and oxygen atoms in total. The second-order valence-electron chi connectivity index (χ2n) is 12.7. The van der Waals surface area contributed by atoms with Crippen LogP contribution in [0.15, 0.2) is 66.2 Å². The van der Waals surface area contributed by atoms with Gasteiger partial charge in [0, 0.05) is 17.7 Å². The number of likely N-dealkylation sites (tertiary alicyclic amines) is 1. The molecule has 41 heavy (non-hydrogen) atoms. The number of carbonyl (C=O) groups is 2. The first-order valence-corrected chi connectivity index (χ1v) is 13.8. The summed E-state index contributed by atoms with van der Waals surface area (Å²) in [5.74, 6) is 0.318. The van der Waals surface area contributed by atoms with Crippen LogP contribution in [0.5, 0.6) is 17.2 Å². The number of aliphatic hydroxyl groups excluding tert-OH is 1. The van der Waals surface area contributed by atoms with Crippen LogP contribution in [0.4, 0.5) is 0 Å². The van der Waals surface area contributed by atoms with Gasteiger partial charge in [0.15, 0.2) is 11.5 Å². The predicted molar refractivity (Wildman–Crippen MR) is 157 cm³/mol. The van der Waals surface area contributed by atoms with Crippen LogP contribution >= 0.6 is 0 Å². The zero-order chi connectivity index (χ0) is 29.7. The van der Waals surface area contributed by atoms with Crippen molar-refractivity contribution in [2.45, 2.75) is 65.0 Å². The van der Waals surface area contributed by atoms with E-state index in [9.17, 15) is 14.7 Å². The van der Waals surface area contributed by atoms with Crippen molar-refractivity contribution < 1.29 is 28.9 Å². The molecule has 0 spiro atoms. The lowest BCUT2D eigenvalue weighted by Crippen LogP contribution is -2.29. The number of fused-ring (bicyclic) bond motifs is 1. The second-order valence-corrected chi connectivity index (χ2v) is 12.7. The molecule has 0 saturated carbocycles. The molecule has 1 unspecified atom stereocenters. The molecule has 1 N–H and O–H groups in total. The summed E-state index contributed by atoms with van der Waals surface area (Å²) >= 11 is 0. The lowest BCUT2D eigenvalue weighted by Gasteiger charge is -2.27. The molecule has 1 atom stereocenters. The molecule has 2 aliphatic heterocycles. The van der Waals surface area contributed by atoms with Gasteiger partial charge in [0.25, 0.3) is 11.7 Å². The fraction of sp³-hybridized carbons (Fsp3) is 0.353. The number of methoxy groups -OCH3 is 1. The maximum atomic E-state index is 13.6. The van der Waals surface area contributed by atoms with Crippen LogP contribution < -0.4 is 14.2 Å². The lowest BCUT2D eigenvalue weighted by atomic mass is 9.84. The minimum Gasteiger partial charge on any atom is -0.507 e. The van der Waals surface area contributed by atoms with Gasteiger partial charge in [0.2, 0.25) is 6.79 Å². The fourth-order valence-electron chi connectivity index (χ4n) is 5.39. The Balaban J connectivity index is 1.64. The normalized spacial score (nSPS) is 18.2. The lowest BCUT2D eigenvalue weighted by molar-refractivity contribution is -0.140. The van der Waals surface area contributed by atoms with Crippen LogP contribution in [0.25, 0.3) is 5.76 Å². The molecule has 3 aromatic carbocycles. The summed E-state index contributed by atoms with van der Waals surface area (Å²) in [7, 11) is 1.60. The van der Waals surface area contributed by atoms with E-state index in [1.54, 1.807) is 25.3 Å². The maximum Gasteiger partial charge on any atom is 0.295 e. The Morgan fingerprint density at radius 3 is 2.22 bits per heavy atom. The average molecular weight is 556 g/mol. The van der Waals surface area contributed by atoms with Crippen LogP contribution in [0, 0.1) is 0 Å². The van der Waals surface area contributed by atoms with Gasteiger partial charge in [-0.2, -0.15) is 0 Å². The molecule has 0 aliphatic carbocycles. The van der Waals surface area contributed by atoms with Crippen LogP contribution in [0.1, 0.15) is 75.4 Å². The van der Waals surface area contributed by atoms with E-state index in [-0.39, 0.29) is 35.5 Å². The molecule has 2 heterocycles. The molecular weight excluding hydrogens is 518 g/mol. The van der Waals surface area contributed by atoms with E-state index in [0.29, 0.717) is 22.8 Å². The summed E-state index contributed by atoms with van der Waals surface area (Å²) in [5, 5.41) is 11.7.